The Morgan fingerprint density at radius 2 is 1.55 bits per heavy atom. The van der Waals surface area contributed by atoms with E-state index in [0.29, 0.717) is 12.1 Å². The lowest BCUT2D eigenvalue weighted by Gasteiger charge is -2.37. The topological polar surface area (TPSA) is 15.3 Å². The van der Waals surface area contributed by atoms with E-state index in [0.717, 1.165) is 19.6 Å². The zero-order valence-corrected chi connectivity index (χ0v) is 11.8. The number of hydrogen-bond acceptors (Lipinski definition) is 2. The fraction of sp³-hybridized carbons (Fsp3) is 0.333. The van der Waals surface area contributed by atoms with Crippen molar-refractivity contribution < 1.29 is 0 Å². The second-order valence-electron chi connectivity index (χ2n) is 5.93. The highest BCUT2D eigenvalue weighted by Crippen LogP contribution is 2.46. The molecule has 2 aliphatic rings. The highest BCUT2D eigenvalue weighted by atomic mass is 15.2. The largest absolute Gasteiger partial charge is 0.312 e. The van der Waals surface area contributed by atoms with Gasteiger partial charge in [0.15, 0.2) is 0 Å². The van der Waals surface area contributed by atoms with Crippen molar-refractivity contribution in [2.45, 2.75) is 19.0 Å². The summed E-state index contributed by atoms with van der Waals surface area (Å²) in [6.45, 7) is 5.60. The van der Waals surface area contributed by atoms with Gasteiger partial charge in [-0.25, -0.2) is 0 Å². The molecular weight excluding hydrogens is 244 g/mol. The summed E-state index contributed by atoms with van der Waals surface area (Å²) < 4.78 is 0. The van der Waals surface area contributed by atoms with Crippen molar-refractivity contribution in [3.8, 4) is 11.1 Å². The normalized spacial score (nSPS) is 22.6. The van der Waals surface area contributed by atoms with Crippen LogP contribution < -0.4 is 5.32 Å². The van der Waals surface area contributed by atoms with Crippen LogP contribution in [0.2, 0.25) is 0 Å². The van der Waals surface area contributed by atoms with Crippen molar-refractivity contribution in [1.82, 2.24) is 10.2 Å². The first-order valence-corrected chi connectivity index (χ1v) is 7.50. The van der Waals surface area contributed by atoms with E-state index in [1.165, 1.54) is 22.3 Å². The molecule has 20 heavy (non-hydrogen) atoms. The van der Waals surface area contributed by atoms with Gasteiger partial charge in [-0.05, 0) is 29.2 Å². The molecule has 1 saturated heterocycles. The molecule has 0 unspecified atom stereocenters. The summed E-state index contributed by atoms with van der Waals surface area (Å²) in [4.78, 5) is 2.63. The van der Waals surface area contributed by atoms with Gasteiger partial charge in [0.1, 0.15) is 0 Å². The van der Waals surface area contributed by atoms with Gasteiger partial charge < -0.3 is 5.32 Å². The van der Waals surface area contributed by atoms with Crippen LogP contribution in [0.3, 0.4) is 0 Å². The minimum absolute atomic E-state index is 0.437. The molecule has 102 valence electrons. The lowest BCUT2D eigenvalue weighted by Crippen LogP contribution is -2.50. The molecule has 0 spiro atoms. The van der Waals surface area contributed by atoms with Crippen LogP contribution in [0.5, 0.6) is 0 Å². The Hall–Kier alpha value is -1.64. The molecular formula is C18H20N2. The van der Waals surface area contributed by atoms with Gasteiger partial charge in [-0.15, -0.1) is 0 Å². The smallest absolute Gasteiger partial charge is 0.0614 e. The summed E-state index contributed by atoms with van der Waals surface area (Å²) in [6, 6.07) is 18.8. The maximum Gasteiger partial charge on any atom is 0.0614 e. The van der Waals surface area contributed by atoms with E-state index < -0.39 is 0 Å². The van der Waals surface area contributed by atoms with E-state index in [4.69, 9.17) is 0 Å². The first-order valence-electron chi connectivity index (χ1n) is 7.50. The number of fused-ring (bicyclic) bond motifs is 3. The molecule has 0 radical (unpaired) electrons. The summed E-state index contributed by atoms with van der Waals surface area (Å²) in [6.07, 6.45) is 0. The Kier molecular flexibility index (Phi) is 2.86. The van der Waals surface area contributed by atoms with Crippen LogP contribution in [0.25, 0.3) is 11.1 Å². The zero-order chi connectivity index (χ0) is 13.5. The van der Waals surface area contributed by atoms with Crippen molar-refractivity contribution in [3.05, 3.63) is 59.7 Å². The molecule has 2 heteroatoms. The molecule has 0 saturated carbocycles. The Bertz CT molecular complexity index is 589. The van der Waals surface area contributed by atoms with Gasteiger partial charge in [0.25, 0.3) is 0 Å². The predicted molar refractivity (Wildman–Crippen MR) is 82.8 cm³/mol. The molecule has 4 rings (SSSR count). The highest BCUT2D eigenvalue weighted by molar-refractivity contribution is 5.78. The van der Waals surface area contributed by atoms with Crippen molar-refractivity contribution in [1.29, 1.82) is 0 Å². The molecule has 1 aliphatic heterocycles. The summed E-state index contributed by atoms with van der Waals surface area (Å²) >= 11 is 0. The van der Waals surface area contributed by atoms with Gasteiger partial charge in [0.2, 0.25) is 0 Å². The van der Waals surface area contributed by atoms with Gasteiger partial charge in [-0.3, -0.25) is 4.90 Å². The lowest BCUT2D eigenvalue weighted by atomic mass is 10.0. The first-order chi connectivity index (χ1) is 9.84. The molecule has 2 aromatic carbocycles. The van der Waals surface area contributed by atoms with Crippen molar-refractivity contribution in [3.63, 3.8) is 0 Å². The van der Waals surface area contributed by atoms with E-state index in [2.05, 4.69) is 65.7 Å². The van der Waals surface area contributed by atoms with Crippen LogP contribution >= 0.6 is 0 Å². The van der Waals surface area contributed by atoms with Gasteiger partial charge in [-0.1, -0.05) is 48.5 Å². The minimum atomic E-state index is 0.437. The van der Waals surface area contributed by atoms with E-state index in [-0.39, 0.29) is 0 Å². The molecule has 1 heterocycles. The van der Waals surface area contributed by atoms with Crippen molar-refractivity contribution >= 4 is 0 Å². The fourth-order valence-electron chi connectivity index (χ4n) is 3.72. The van der Waals surface area contributed by atoms with Crippen LogP contribution in [-0.2, 0) is 0 Å². The molecule has 2 aromatic rings. The SMILES string of the molecule is C[C@@H]1CN(C2c3ccccc3-c3ccccc32)CCN1. The minimum Gasteiger partial charge on any atom is -0.312 e. The van der Waals surface area contributed by atoms with E-state index >= 15 is 0 Å². The maximum absolute atomic E-state index is 3.54. The third-order valence-corrected chi connectivity index (χ3v) is 4.57. The molecule has 0 bridgehead atoms. The molecule has 1 aliphatic carbocycles. The van der Waals surface area contributed by atoms with Crippen molar-refractivity contribution in [2.75, 3.05) is 19.6 Å². The van der Waals surface area contributed by atoms with Crippen LogP contribution in [0.1, 0.15) is 24.1 Å². The first kappa shape index (κ1) is 12.1. The van der Waals surface area contributed by atoms with E-state index in [1.807, 2.05) is 0 Å². The molecule has 0 amide bonds. The van der Waals surface area contributed by atoms with Gasteiger partial charge in [-0.2, -0.15) is 0 Å². The fourth-order valence-corrected chi connectivity index (χ4v) is 3.72. The van der Waals surface area contributed by atoms with E-state index in [1.54, 1.807) is 0 Å². The third-order valence-electron chi connectivity index (χ3n) is 4.57. The molecule has 1 atom stereocenters. The number of nitrogens with one attached hydrogen (secondary N) is 1. The Morgan fingerprint density at radius 3 is 2.15 bits per heavy atom. The summed E-state index contributed by atoms with van der Waals surface area (Å²) in [5.41, 5.74) is 5.78. The second-order valence-corrected chi connectivity index (χ2v) is 5.93. The highest BCUT2D eigenvalue weighted by Gasteiger charge is 2.33. The molecule has 2 nitrogen and oxygen atoms in total. The van der Waals surface area contributed by atoms with Crippen LogP contribution in [0.15, 0.2) is 48.5 Å². The zero-order valence-electron chi connectivity index (χ0n) is 11.8. The maximum atomic E-state index is 3.54. The quantitative estimate of drug-likeness (QED) is 0.851. The van der Waals surface area contributed by atoms with Crippen molar-refractivity contribution in [2.24, 2.45) is 0 Å². The average Bonchev–Trinajstić information content (AvgIpc) is 2.82. The van der Waals surface area contributed by atoms with Gasteiger partial charge >= 0.3 is 0 Å². The third kappa shape index (κ3) is 1.80. The van der Waals surface area contributed by atoms with Gasteiger partial charge in [0, 0.05) is 25.7 Å². The number of piperazine rings is 1. The van der Waals surface area contributed by atoms with Crippen LogP contribution in [-0.4, -0.2) is 30.6 Å². The number of nitrogens with zero attached hydrogens (tertiary/aromatic N) is 1. The molecule has 1 fully saturated rings. The molecule has 1 N–H and O–H groups in total. The van der Waals surface area contributed by atoms with Crippen LogP contribution in [0.4, 0.5) is 0 Å². The summed E-state index contributed by atoms with van der Waals surface area (Å²) in [7, 11) is 0. The number of hydrogen-bond donors (Lipinski definition) is 1. The predicted octanol–water partition coefficient (Wildman–Crippen LogP) is 3.05. The Balaban J connectivity index is 1.83. The molecule has 0 aromatic heterocycles. The summed E-state index contributed by atoms with van der Waals surface area (Å²) in [5.74, 6) is 0. The Labute approximate surface area is 120 Å². The monoisotopic (exact) mass is 264 g/mol. The standard InChI is InChI=1S/C18H20N2/c1-13-12-20(11-10-19-13)18-16-8-4-2-6-14(16)15-7-3-5-9-17(15)18/h2-9,13,18-19H,10-12H2,1H3/t13-/m1/s1. The number of benzene rings is 2. The summed E-state index contributed by atoms with van der Waals surface area (Å²) in [5, 5.41) is 3.54. The lowest BCUT2D eigenvalue weighted by molar-refractivity contribution is 0.172. The second kappa shape index (κ2) is 4.72. The Morgan fingerprint density at radius 1 is 0.950 bits per heavy atom. The van der Waals surface area contributed by atoms with E-state index in [9.17, 15) is 0 Å². The number of rotatable bonds is 1. The average molecular weight is 264 g/mol. The van der Waals surface area contributed by atoms with Gasteiger partial charge in [0.05, 0.1) is 6.04 Å². The van der Waals surface area contributed by atoms with Crippen LogP contribution in [0, 0.1) is 0 Å².